The van der Waals surface area contributed by atoms with Crippen molar-refractivity contribution in [2.24, 2.45) is 5.92 Å². The fraction of sp³-hybridized carbons (Fsp3) is 0.308. The lowest BCUT2D eigenvalue weighted by atomic mass is 10.1. The van der Waals surface area contributed by atoms with Gasteiger partial charge in [-0.05, 0) is 36.8 Å². The Hall–Kier alpha value is -3.74. The largest absolute Gasteiger partial charge is 0.352 e. The summed E-state index contributed by atoms with van der Waals surface area (Å²) in [7, 11) is 0. The summed E-state index contributed by atoms with van der Waals surface area (Å²) in [5.74, 6) is 0.632. The highest BCUT2D eigenvalue weighted by atomic mass is 16.2. The van der Waals surface area contributed by atoms with Gasteiger partial charge in [-0.15, -0.1) is 10.2 Å². The molecule has 3 heterocycles. The van der Waals surface area contributed by atoms with Gasteiger partial charge in [0.2, 0.25) is 11.8 Å². The van der Waals surface area contributed by atoms with Crippen LogP contribution in [-0.2, 0) is 9.59 Å². The molecule has 3 aromatic rings. The fourth-order valence-corrected chi connectivity index (χ4v) is 4.64. The van der Waals surface area contributed by atoms with Gasteiger partial charge in [-0.25, -0.2) is 0 Å². The van der Waals surface area contributed by atoms with Gasteiger partial charge in [-0.3, -0.25) is 9.59 Å². The molecule has 0 bridgehead atoms. The van der Waals surface area contributed by atoms with Gasteiger partial charge in [0.25, 0.3) is 0 Å². The van der Waals surface area contributed by atoms with Crippen LogP contribution in [0.3, 0.4) is 0 Å². The number of benzene rings is 2. The van der Waals surface area contributed by atoms with Crippen molar-refractivity contribution in [3.63, 3.8) is 0 Å². The number of amides is 2. The third-order valence-electron chi connectivity index (χ3n) is 6.53. The molecule has 7 heteroatoms. The van der Waals surface area contributed by atoms with Gasteiger partial charge >= 0.3 is 0 Å². The van der Waals surface area contributed by atoms with Crippen molar-refractivity contribution in [2.75, 3.05) is 42.5 Å². The van der Waals surface area contributed by atoms with Crippen LogP contribution in [0.15, 0.2) is 66.7 Å². The number of aromatic nitrogens is 2. The zero-order valence-electron chi connectivity index (χ0n) is 18.7. The Balaban J connectivity index is 1.19. The standard InChI is InChI=1S/C26H27N5O2/c1-19-7-5-6-10-22(19)23-11-12-24(28-27-23)29-13-15-30(16-14-29)26(33)20-17-25(32)31(18-20)21-8-3-2-4-9-21/h2-12,20H,13-18H2,1H3. The molecule has 5 rings (SSSR count). The Morgan fingerprint density at radius 1 is 0.879 bits per heavy atom. The lowest BCUT2D eigenvalue weighted by Gasteiger charge is -2.36. The lowest BCUT2D eigenvalue weighted by Crippen LogP contribution is -2.51. The lowest BCUT2D eigenvalue weighted by molar-refractivity contribution is -0.136. The highest BCUT2D eigenvalue weighted by molar-refractivity contribution is 6.00. The van der Waals surface area contributed by atoms with Gasteiger partial charge in [0.1, 0.15) is 0 Å². The van der Waals surface area contributed by atoms with Crippen molar-refractivity contribution >= 4 is 23.3 Å². The first-order valence-electron chi connectivity index (χ1n) is 11.4. The van der Waals surface area contributed by atoms with E-state index in [4.69, 9.17) is 0 Å². The van der Waals surface area contributed by atoms with E-state index in [1.807, 2.05) is 59.5 Å². The summed E-state index contributed by atoms with van der Waals surface area (Å²) < 4.78 is 0. The van der Waals surface area contributed by atoms with Crippen molar-refractivity contribution in [1.29, 1.82) is 0 Å². The summed E-state index contributed by atoms with van der Waals surface area (Å²) in [4.78, 5) is 31.4. The number of hydrogen-bond acceptors (Lipinski definition) is 5. The van der Waals surface area contributed by atoms with Crippen LogP contribution in [0.2, 0.25) is 0 Å². The van der Waals surface area contributed by atoms with Crippen LogP contribution in [0.5, 0.6) is 0 Å². The molecule has 1 unspecified atom stereocenters. The number of carbonyl (C=O) groups is 2. The van der Waals surface area contributed by atoms with Crippen molar-refractivity contribution in [2.45, 2.75) is 13.3 Å². The highest BCUT2D eigenvalue weighted by Gasteiger charge is 2.38. The van der Waals surface area contributed by atoms with Gasteiger partial charge < -0.3 is 14.7 Å². The summed E-state index contributed by atoms with van der Waals surface area (Å²) in [6, 6.07) is 21.7. The average molecular weight is 442 g/mol. The van der Waals surface area contributed by atoms with E-state index >= 15 is 0 Å². The predicted molar refractivity (Wildman–Crippen MR) is 128 cm³/mol. The van der Waals surface area contributed by atoms with Crippen LogP contribution in [0.1, 0.15) is 12.0 Å². The summed E-state index contributed by atoms with van der Waals surface area (Å²) in [5, 5.41) is 8.87. The van der Waals surface area contributed by atoms with Crippen LogP contribution in [0.4, 0.5) is 11.5 Å². The minimum absolute atomic E-state index is 0.0159. The van der Waals surface area contributed by atoms with E-state index in [1.54, 1.807) is 4.90 Å². The molecule has 0 aliphatic carbocycles. The molecule has 2 amide bonds. The Labute approximate surface area is 193 Å². The minimum atomic E-state index is -0.280. The first-order chi connectivity index (χ1) is 16.1. The molecular weight excluding hydrogens is 414 g/mol. The molecule has 1 atom stereocenters. The summed E-state index contributed by atoms with van der Waals surface area (Å²) in [6.07, 6.45) is 0.278. The predicted octanol–water partition coefficient (Wildman–Crippen LogP) is 3.15. The number of anilines is 2. The number of rotatable bonds is 4. The second-order valence-corrected chi connectivity index (χ2v) is 8.64. The Morgan fingerprint density at radius 2 is 1.61 bits per heavy atom. The molecule has 2 aliphatic rings. The molecule has 2 saturated heterocycles. The zero-order valence-corrected chi connectivity index (χ0v) is 18.7. The number of aryl methyl sites for hydroxylation is 1. The van der Waals surface area contributed by atoms with E-state index in [2.05, 4.69) is 34.2 Å². The maximum absolute atomic E-state index is 13.1. The summed E-state index contributed by atoms with van der Waals surface area (Å²) in [6.45, 7) is 5.17. The molecule has 2 fully saturated rings. The third kappa shape index (κ3) is 4.31. The zero-order chi connectivity index (χ0) is 22.8. The van der Waals surface area contributed by atoms with Crippen molar-refractivity contribution in [3.05, 3.63) is 72.3 Å². The van der Waals surface area contributed by atoms with E-state index in [1.165, 1.54) is 5.56 Å². The molecule has 33 heavy (non-hydrogen) atoms. The quantitative estimate of drug-likeness (QED) is 0.622. The van der Waals surface area contributed by atoms with Crippen LogP contribution < -0.4 is 9.80 Å². The second kappa shape index (κ2) is 9.02. The third-order valence-corrected chi connectivity index (χ3v) is 6.53. The summed E-state index contributed by atoms with van der Waals surface area (Å²) in [5.41, 5.74) is 3.97. The van der Waals surface area contributed by atoms with Crippen molar-refractivity contribution < 1.29 is 9.59 Å². The SMILES string of the molecule is Cc1ccccc1-c1ccc(N2CCN(C(=O)C3CC(=O)N(c4ccccc4)C3)CC2)nn1. The molecule has 1 aromatic heterocycles. The Bertz CT molecular complexity index is 1140. The molecule has 2 aromatic carbocycles. The van der Waals surface area contributed by atoms with Crippen LogP contribution in [-0.4, -0.2) is 59.6 Å². The number of nitrogens with zero attached hydrogens (tertiary/aromatic N) is 5. The van der Waals surface area contributed by atoms with E-state index in [9.17, 15) is 9.59 Å². The number of piperazine rings is 1. The molecule has 7 nitrogen and oxygen atoms in total. The first kappa shape index (κ1) is 21.1. The number of hydrogen-bond donors (Lipinski definition) is 0. The van der Waals surface area contributed by atoms with Crippen LogP contribution >= 0.6 is 0 Å². The maximum Gasteiger partial charge on any atom is 0.228 e. The van der Waals surface area contributed by atoms with Gasteiger partial charge in [0.05, 0.1) is 11.6 Å². The van der Waals surface area contributed by atoms with Crippen molar-refractivity contribution in [3.8, 4) is 11.3 Å². The molecular formula is C26H27N5O2. The first-order valence-corrected chi connectivity index (χ1v) is 11.4. The maximum atomic E-state index is 13.1. The molecule has 0 spiro atoms. The van der Waals surface area contributed by atoms with Crippen LogP contribution in [0.25, 0.3) is 11.3 Å². The molecule has 0 N–H and O–H groups in total. The number of para-hydroxylation sites is 1. The monoisotopic (exact) mass is 441 g/mol. The molecule has 168 valence electrons. The highest BCUT2D eigenvalue weighted by Crippen LogP contribution is 2.27. The van der Waals surface area contributed by atoms with E-state index < -0.39 is 0 Å². The van der Waals surface area contributed by atoms with Gasteiger partial charge in [0, 0.05) is 50.4 Å². The normalized spacial score (nSPS) is 18.6. The smallest absolute Gasteiger partial charge is 0.228 e. The summed E-state index contributed by atoms with van der Waals surface area (Å²) >= 11 is 0. The van der Waals surface area contributed by atoms with Crippen LogP contribution in [0, 0.1) is 12.8 Å². The second-order valence-electron chi connectivity index (χ2n) is 8.64. The topological polar surface area (TPSA) is 69.6 Å². The molecule has 0 saturated carbocycles. The average Bonchev–Trinajstić information content (AvgIpc) is 3.26. The fourth-order valence-electron chi connectivity index (χ4n) is 4.64. The Kier molecular flexibility index (Phi) is 5.77. The van der Waals surface area contributed by atoms with Gasteiger partial charge in [-0.1, -0.05) is 42.5 Å². The van der Waals surface area contributed by atoms with Gasteiger partial charge in [0.15, 0.2) is 5.82 Å². The van der Waals surface area contributed by atoms with E-state index in [-0.39, 0.29) is 24.2 Å². The molecule has 2 aliphatic heterocycles. The van der Waals surface area contributed by atoms with E-state index in [0.717, 1.165) is 22.8 Å². The number of carbonyl (C=O) groups excluding carboxylic acids is 2. The minimum Gasteiger partial charge on any atom is -0.352 e. The Morgan fingerprint density at radius 3 is 2.30 bits per heavy atom. The van der Waals surface area contributed by atoms with E-state index in [0.29, 0.717) is 32.7 Å². The van der Waals surface area contributed by atoms with Crippen molar-refractivity contribution in [1.82, 2.24) is 15.1 Å². The van der Waals surface area contributed by atoms with Gasteiger partial charge in [-0.2, -0.15) is 0 Å². The molecule has 0 radical (unpaired) electrons.